The Hall–Kier alpha value is -0.890. The Labute approximate surface area is 183 Å². The van der Waals surface area contributed by atoms with Crippen LogP contribution >= 0.6 is 0 Å². The van der Waals surface area contributed by atoms with Crippen LogP contribution in [0.4, 0.5) is 0 Å². The first-order chi connectivity index (χ1) is 14.3. The van der Waals surface area contributed by atoms with Crippen LogP contribution in [0.2, 0.25) is 0 Å². The van der Waals surface area contributed by atoms with Gasteiger partial charge >= 0.3 is 0 Å². The van der Waals surface area contributed by atoms with Crippen LogP contribution < -0.4 is 0 Å². The van der Waals surface area contributed by atoms with Gasteiger partial charge < -0.3 is 5.11 Å². The molecule has 2 nitrogen and oxygen atoms in total. The first-order valence-electron chi connectivity index (χ1n) is 12.9. The summed E-state index contributed by atoms with van der Waals surface area (Å²) in [5, 5.41) is 11.3. The van der Waals surface area contributed by atoms with E-state index in [2.05, 4.69) is 32.9 Å². The third-order valence-electron chi connectivity index (χ3n) is 11.0. The van der Waals surface area contributed by atoms with Crippen LogP contribution in [0.1, 0.15) is 91.4 Å². The van der Waals surface area contributed by atoms with Gasteiger partial charge in [-0.25, -0.2) is 0 Å². The summed E-state index contributed by atoms with van der Waals surface area (Å²) in [6.07, 6.45) is 19.4. The van der Waals surface area contributed by atoms with Gasteiger partial charge in [0.05, 0.1) is 6.10 Å². The minimum atomic E-state index is -0.143. The van der Waals surface area contributed by atoms with E-state index in [4.69, 9.17) is 0 Å². The van der Waals surface area contributed by atoms with Gasteiger partial charge in [-0.05, 0) is 117 Å². The third-order valence-corrected chi connectivity index (χ3v) is 11.0. The molecule has 2 heteroatoms. The number of fused-ring (bicyclic) bond motifs is 5. The lowest BCUT2D eigenvalue weighted by molar-refractivity contribution is -0.118. The zero-order valence-electron chi connectivity index (χ0n) is 19.4. The van der Waals surface area contributed by atoms with Crippen molar-refractivity contribution in [2.45, 2.75) is 97.5 Å². The lowest BCUT2D eigenvalue weighted by atomic mass is 9.46. The summed E-state index contributed by atoms with van der Waals surface area (Å²) in [5.41, 5.74) is 2.15. The standard InChI is InChI=1S/C28H42O2/c1-18(26(30)19-7-5-4-6-8-19)23-11-12-24-22-10-9-20-17-21(29)13-15-27(20,2)25(22)14-16-28(23,24)3/h4-5,17-19,22-26,30H,6-16H2,1-3H3/t18-,19-,22-,23+,24-,25-,26+,27-,28+/m0/s1. The Morgan fingerprint density at radius 3 is 2.60 bits per heavy atom. The van der Waals surface area contributed by atoms with Crippen LogP contribution in [-0.4, -0.2) is 17.0 Å². The van der Waals surface area contributed by atoms with Crippen LogP contribution in [0.3, 0.4) is 0 Å². The quantitative estimate of drug-likeness (QED) is 0.540. The van der Waals surface area contributed by atoms with Gasteiger partial charge in [0.15, 0.2) is 5.78 Å². The van der Waals surface area contributed by atoms with Crippen LogP contribution in [0.5, 0.6) is 0 Å². The van der Waals surface area contributed by atoms with Gasteiger partial charge in [0, 0.05) is 6.42 Å². The maximum Gasteiger partial charge on any atom is 0.155 e. The number of carbonyl (C=O) groups is 1. The summed E-state index contributed by atoms with van der Waals surface area (Å²) >= 11 is 0. The number of ketones is 1. The summed E-state index contributed by atoms with van der Waals surface area (Å²) in [4.78, 5) is 12.1. The maximum atomic E-state index is 12.1. The summed E-state index contributed by atoms with van der Waals surface area (Å²) in [6, 6.07) is 0. The monoisotopic (exact) mass is 410 g/mol. The topological polar surface area (TPSA) is 37.3 Å². The molecule has 0 bridgehead atoms. The Bertz CT molecular complexity index is 750. The fourth-order valence-corrected chi connectivity index (χ4v) is 9.26. The maximum absolute atomic E-state index is 12.1. The van der Waals surface area contributed by atoms with Crippen molar-refractivity contribution in [3.63, 3.8) is 0 Å². The fourth-order valence-electron chi connectivity index (χ4n) is 9.26. The highest BCUT2D eigenvalue weighted by molar-refractivity contribution is 5.91. The van der Waals surface area contributed by atoms with Crippen molar-refractivity contribution in [2.24, 2.45) is 46.3 Å². The number of carbonyl (C=O) groups excluding carboxylic acids is 1. The normalized spacial score (nSPS) is 47.7. The lowest BCUT2D eigenvalue weighted by Crippen LogP contribution is -2.51. The van der Waals surface area contributed by atoms with Crippen LogP contribution in [0, 0.1) is 46.3 Å². The molecule has 0 aromatic carbocycles. The van der Waals surface area contributed by atoms with Crippen molar-refractivity contribution in [3.8, 4) is 0 Å². The highest BCUT2D eigenvalue weighted by Crippen LogP contribution is 2.67. The molecule has 5 aliphatic rings. The zero-order valence-corrected chi connectivity index (χ0v) is 19.4. The molecule has 0 aliphatic heterocycles. The molecule has 3 fully saturated rings. The predicted octanol–water partition coefficient (Wildman–Crippen LogP) is 6.49. The molecule has 5 aliphatic carbocycles. The van der Waals surface area contributed by atoms with Crippen molar-refractivity contribution < 1.29 is 9.90 Å². The SMILES string of the molecule is C[C@H]([C@@H](O)[C@H]1CC=CCC1)[C@H]1CC[C@H]2[C@@H]3CCC4=CC(=O)CC[C@]4(C)[C@H]3CC[C@]12C. The smallest absolute Gasteiger partial charge is 0.155 e. The molecule has 0 amide bonds. The zero-order chi connectivity index (χ0) is 21.1. The van der Waals surface area contributed by atoms with Gasteiger partial charge in [-0.15, -0.1) is 0 Å². The lowest BCUT2D eigenvalue weighted by Gasteiger charge is -2.58. The average Bonchev–Trinajstić information content (AvgIpc) is 3.11. The largest absolute Gasteiger partial charge is 0.393 e. The Morgan fingerprint density at radius 2 is 1.83 bits per heavy atom. The van der Waals surface area contributed by atoms with Crippen molar-refractivity contribution in [1.29, 1.82) is 0 Å². The summed E-state index contributed by atoms with van der Waals surface area (Å²) in [6.45, 7) is 7.44. The van der Waals surface area contributed by atoms with Crippen LogP contribution in [-0.2, 0) is 4.79 Å². The second kappa shape index (κ2) is 7.61. The first kappa shape index (κ1) is 21.0. The second-order valence-corrected chi connectivity index (χ2v) is 12.1. The van der Waals surface area contributed by atoms with Gasteiger partial charge in [-0.1, -0.05) is 38.5 Å². The van der Waals surface area contributed by atoms with Gasteiger partial charge in [0.2, 0.25) is 0 Å². The van der Waals surface area contributed by atoms with Crippen LogP contribution in [0.25, 0.3) is 0 Å². The molecule has 30 heavy (non-hydrogen) atoms. The highest BCUT2D eigenvalue weighted by atomic mass is 16.3. The number of hydrogen-bond acceptors (Lipinski definition) is 2. The number of aliphatic hydroxyl groups excluding tert-OH is 1. The van der Waals surface area contributed by atoms with Gasteiger partial charge in [-0.3, -0.25) is 4.79 Å². The molecule has 1 N–H and O–H groups in total. The van der Waals surface area contributed by atoms with E-state index in [1.807, 2.05) is 6.08 Å². The van der Waals surface area contributed by atoms with Crippen molar-refractivity contribution in [2.75, 3.05) is 0 Å². The molecule has 0 saturated heterocycles. The summed E-state index contributed by atoms with van der Waals surface area (Å²) < 4.78 is 0. The molecular weight excluding hydrogens is 368 g/mol. The first-order valence-corrected chi connectivity index (χ1v) is 12.9. The van der Waals surface area contributed by atoms with E-state index in [0.717, 1.165) is 56.3 Å². The summed E-state index contributed by atoms with van der Waals surface area (Å²) in [5.74, 6) is 4.32. The molecular formula is C28H42O2. The Kier molecular flexibility index (Phi) is 5.32. The van der Waals surface area contributed by atoms with E-state index in [1.165, 1.54) is 37.7 Å². The number of hydrogen-bond donors (Lipinski definition) is 1. The van der Waals surface area contributed by atoms with E-state index < -0.39 is 0 Å². The van der Waals surface area contributed by atoms with Gasteiger partial charge in [-0.2, -0.15) is 0 Å². The summed E-state index contributed by atoms with van der Waals surface area (Å²) in [7, 11) is 0. The number of aliphatic hydroxyl groups is 1. The minimum Gasteiger partial charge on any atom is -0.393 e. The van der Waals surface area contributed by atoms with Gasteiger partial charge in [0.25, 0.3) is 0 Å². The predicted molar refractivity (Wildman–Crippen MR) is 122 cm³/mol. The molecule has 0 aromatic heterocycles. The molecule has 5 rings (SSSR count). The van der Waals surface area contributed by atoms with E-state index in [-0.39, 0.29) is 11.5 Å². The second-order valence-electron chi connectivity index (χ2n) is 12.1. The van der Waals surface area contributed by atoms with E-state index >= 15 is 0 Å². The van der Waals surface area contributed by atoms with Gasteiger partial charge in [0.1, 0.15) is 0 Å². The molecule has 0 heterocycles. The fraction of sp³-hybridized carbons (Fsp3) is 0.821. The van der Waals surface area contributed by atoms with E-state index in [0.29, 0.717) is 29.0 Å². The Balaban J connectivity index is 1.36. The Morgan fingerprint density at radius 1 is 1.00 bits per heavy atom. The van der Waals surface area contributed by atoms with Crippen molar-refractivity contribution in [1.82, 2.24) is 0 Å². The minimum absolute atomic E-state index is 0.143. The van der Waals surface area contributed by atoms with Crippen molar-refractivity contribution >= 4 is 5.78 Å². The number of rotatable bonds is 3. The van der Waals surface area contributed by atoms with Crippen molar-refractivity contribution in [3.05, 3.63) is 23.8 Å². The molecule has 3 saturated carbocycles. The molecule has 0 radical (unpaired) electrons. The third kappa shape index (κ3) is 3.11. The molecule has 0 unspecified atom stereocenters. The average molecular weight is 411 g/mol. The van der Waals surface area contributed by atoms with E-state index in [1.54, 1.807) is 0 Å². The highest BCUT2D eigenvalue weighted by Gasteiger charge is 2.60. The molecule has 0 spiro atoms. The molecule has 0 aromatic rings. The number of allylic oxidation sites excluding steroid dienone is 3. The van der Waals surface area contributed by atoms with E-state index in [9.17, 15) is 9.90 Å². The molecule has 166 valence electrons. The van der Waals surface area contributed by atoms with Crippen LogP contribution in [0.15, 0.2) is 23.8 Å². The molecule has 9 atom stereocenters.